The third-order valence-corrected chi connectivity index (χ3v) is 4.02. The third-order valence-electron chi connectivity index (χ3n) is 3.32. The van der Waals surface area contributed by atoms with Gasteiger partial charge in [0.05, 0.1) is 6.10 Å². The average molecular weight is 327 g/mol. The molecule has 0 aliphatic carbocycles. The second kappa shape index (κ2) is 7.67. The highest BCUT2D eigenvalue weighted by Gasteiger charge is 2.12. The summed E-state index contributed by atoms with van der Waals surface area (Å²) in [5.74, 6) is 0.233. The predicted octanol–water partition coefficient (Wildman–Crippen LogP) is 3.79. The van der Waals surface area contributed by atoms with Gasteiger partial charge in [-0.1, -0.05) is 12.1 Å². The van der Waals surface area contributed by atoms with E-state index in [4.69, 9.17) is 0 Å². The summed E-state index contributed by atoms with van der Waals surface area (Å²) in [6, 6.07) is 5.52. The second-order valence-electron chi connectivity index (χ2n) is 5.14. The zero-order valence-corrected chi connectivity index (χ0v) is 13.3. The molecule has 1 aromatic heterocycles. The van der Waals surface area contributed by atoms with Crippen LogP contribution < -0.4 is 10.1 Å². The highest BCUT2D eigenvalue weighted by Crippen LogP contribution is 2.26. The Morgan fingerprint density at radius 3 is 2.50 bits per heavy atom. The molecule has 2 N–H and O–H groups in total. The van der Waals surface area contributed by atoms with Crippen LogP contribution in [0.1, 0.15) is 28.4 Å². The van der Waals surface area contributed by atoms with Gasteiger partial charge in [-0.3, -0.25) is 0 Å². The Morgan fingerprint density at radius 1 is 1.27 bits per heavy atom. The zero-order chi connectivity index (χ0) is 16.1. The maximum absolute atomic E-state index is 12.3. The molecule has 6 heteroatoms. The molecule has 0 saturated heterocycles. The number of aryl methyl sites for hydroxylation is 2. The standard InChI is InChI=1S/C16H19F2NO2S/c1-10-5-12(6-11(2)15(10)21-16(17)18)7-19-8-14(20)13-3-4-22-9-13/h3-6,9,14,16,19-20H,7-8H2,1-2H3. The van der Waals surface area contributed by atoms with Gasteiger partial charge in [-0.15, -0.1) is 0 Å². The minimum atomic E-state index is -2.82. The minimum absolute atomic E-state index is 0.233. The number of alkyl halides is 2. The maximum atomic E-state index is 12.3. The van der Waals surface area contributed by atoms with Gasteiger partial charge in [0.2, 0.25) is 0 Å². The van der Waals surface area contributed by atoms with Crippen LogP contribution in [0.25, 0.3) is 0 Å². The summed E-state index contributed by atoms with van der Waals surface area (Å²) in [6.07, 6.45) is -0.546. The maximum Gasteiger partial charge on any atom is 0.387 e. The van der Waals surface area contributed by atoms with Crippen LogP contribution in [0.3, 0.4) is 0 Å². The first-order valence-corrected chi connectivity index (χ1v) is 7.87. The molecule has 0 aliphatic rings. The van der Waals surface area contributed by atoms with Crippen molar-refractivity contribution in [2.45, 2.75) is 33.1 Å². The zero-order valence-electron chi connectivity index (χ0n) is 12.5. The molecule has 2 rings (SSSR count). The van der Waals surface area contributed by atoms with Crippen LogP contribution >= 0.6 is 11.3 Å². The molecule has 0 fully saturated rings. The number of thiophene rings is 1. The van der Waals surface area contributed by atoms with E-state index in [0.717, 1.165) is 11.1 Å². The van der Waals surface area contributed by atoms with Crippen LogP contribution in [0.2, 0.25) is 0 Å². The quantitative estimate of drug-likeness (QED) is 0.813. The van der Waals surface area contributed by atoms with E-state index in [2.05, 4.69) is 10.1 Å². The van der Waals surface area contributed by atoms with E-state index in [9.17, 15) is 13.9 Å². The summed E-state index contributed by atoms with van der Waals surface area (Å²) in [7, 11) is 0. The third kappa shape index (κ3) is 4.50. The largest absolute Gasteiger partial charge is 0.434 e. The lowest BCUT2D eigenvalue weighted by Gasteiger charge is -2.14. The van der Waals surface area contributed by atoms with E-state index in [0.29, 0.717) is 24.2 Å². The van der Waals surface area contributed by atoms with Gasteiger partial charge in [-0.05, 0) is 52.9 Å². The monoisotopic (exact) mass is 327 g/mol. The van der Waals surface area contributed by atoms with Crippen LogP contribution in [0, 0.1) is 13.8 Å². The van der Waals surface area contributed by atoms with Crippen molar-refractivity contribution >= 4 is 11.3 Å². The molecule has 0 radical (unpaired) electrons. The van der Waals surface area contributed by atoms with E-state index in [1.165, 1.54) is 0 Å². The number of hydrogen-bond acceptors (Lipinski definition) is 4. The molecular formula is C16H19F2NO2S. The fourth-order valence-corrected chi connectivity index (χ4v) is 3.06. The van der Waals surface area contributed by atoms with E-state index in [1.807, 2.05) is 29.0 Å². The Balaban J connectivity index is 1.93. The molecule has 120 valence electrons. The molecule has 0 amide bonds. The first kappa shape index (κ1) is 16.9. The number of aliphatic hydroxyl groups is 1. The van der Waals surface area contributed by atoms with E-state index < -0.39 is 12.7 Å². The number of nitrogens with one attached hydrogen (secondary N) is 1. The molecule has 1 unspecified atom stereocenters. The summed E-state index contributed by atoms with van der Waals surface area (Å²) in [4.78, 5) is 0. The van der Waals surface area contributed by atoms with Crippen LogP contribution in [0.15, 0.2) is 29.0 Å². The van der Waals surface area contributed by atoms with Crippen molar-refractivity contribution in [3.8, 4) is 5.75 Å². The number of ether oxygens (including phenoxy) is 1. The van der Waals surface area contributed by atoms with Gasteiger partial charge in [0, 0.05) is 13.1 Å². The lowest BCUT2D eigenvalue weighted by Crippen LogP contribution is -2.21. The summed E-state index contributed by atoms with van der Waals surface area (Å²) in [5.41, 5.74) is 3.21. The van der Waals surface area contributed by atoms with Crippen molar-refractivity contribution in [2.24, 2.45) is 0 Å². The summed E-state index contributed by atoms with van der Waals surface area (Å²) >= 11 is 1.55. The number of benzene rings is 1. The number of hydrogen-bond donors (Lipinski definition) is 2. The molecule has 22 heavy (non-hydrogen) atoms. The van der Waals surface area contributed by atoms with E-state index >= 15 is 0 Å². The Hall–Kier alpha value is -1.50. The van der Waals surface area contributed by atoms with Gasteiger partial charge < -0.3 is 15.2 Å². The van der Waals surface area contributed by atoms with Crippen LogP contribution in [-0.2, 0) is 6.54 Å². The summed E-state index contributed by atoms with van der Waals surface area (Å²) in [6.45, 7) is 1.66. The molecule has 1 aromatic carbocycles. The van der Waals surface area contributed by atoms with E-state index in [1.54, 1.807) is 25.2 Å². The molecular weight excluding hydrogens is 308 g/mol. The summed E-state index contributed by atoms with van der Waals surface area (Å²) in [5, 5.41) is 17.0. The Morgan fingerprint density at radius 2 is 1.95 bits per heavy atom. The highest BCUT2D eigenvalue weighted by atomic mass is 32.1. The van der Waals surface area contributed by atoms with Crippen molar-refractivity contribution in [1.29, 1.82) is 0 Å². The fourth-order valence-electron chi connectivity index (χ4n) is 2.35. The molecule has 1 atom stereocenters. The second-order valence-corrected chi connectivity index (χ2v) is 5.92. The lowest BCUT2D eigenvalue weighted by molar-refractivity contribution is -0.0507. The van der Waals surface area contributed by atoms with Gasteiger partial charge in [0.25, 0.3) is 0 Å². The molecule has 0 aliphatic heterocycles. The topological polar surface area (TPSA) is 41.5 Å². The fraction of sp³-hybridized carbons (Fsp3) is 0.375. The molecule has 0 saturated carbocycles. The highest BCUT2D eigenvalue weighted by molar-refractivity contribution is 7.07. The molecule has 0 bridgehead atoms. The number of rotatable bonds is 7. The van der Waals surface area contributed by atoms with Crippen molar-refractivity contribution in [1.82, 2.24) is 5.32 Å². The van der Waals surface area contributed by atoms with Crippen LogP contribution in [0.4, 0.5) is 8.78 Å². The molecule has 0 spiro atoms. The van der Waals surface area contributed by atoms with Crippen LogP contribution in [0.5, 0.6) is 5.75 Å². The summed E-state index contributed by atoms with van der Waals surface area (Å²) < 4.78 is 29.2. The molecule has 3 nitrogen and oxygen atoms in total. The average Bonchev–Trinajstić information content (AvgIpc) is 2.97. The van der Waals surface area contributed by atoms with Gasteiger partial charge in [0.1, 0.15) is 5.75 Å². The van der Waals surface area contributed by atoms with Crippen LogP contribution in [-0.4, -0.2) is 18.3 Å². The van der Waals surface area contributed by atoms with Gasteiger partial charge in [-0.2, -0.15) is 20.1 Å². The Kier molecular flexibility index (Phi) is 5.88. The smallest absolute Gasteiger partial charge is 0.387 e. The normalized spacial score (nSPS) is 12.6. The van der Waals surface area contributed by atoms with Crippen molar-refractivity contribution in [3.05, 3.63) is 51.2 Å². The lowest BCUT2D eigenvalue weighted by atomic mass is 10.1. The van der Waals surface area contributed by atoms with Crippen molar-refractivity contribution in [2.75, 3.05) is 6.54 Å². The van der Waals surface area contributed by atoms with E-state index in [-0.39, 0.29) is 5.75 Å². The van der Waals surface area contributed by atoms with Gasteiger partial charge in [0.15, 0.2) is 0 Å². The van der Waals surface area contributed by atoms with Crippen molar-refractivity contribution < 1.29 is 18.6 Å². The first-order chi connectivity index (χ1) is 10.5. The van der Waals surface area contributed by atoms with Gasteiger partial charge >= 0.3 is 6.61 Å². The Labute approximate surface area is 132 Å². The predicted molar refractivity (Wildman–Crippen MR) is 83.5 cm³/mol. The molecule has 2 aromatic rings. The van der Waals surface area contributed by atoms with Gasteiger partial charge in [-0.25, -0.2) is 0 Å². The first-order valence-electron chi connectivity index (χ1n) is 6.93. The Bertz CT molecular complexity index is 579. The minimum Gasteiger partial charge on any atom is -0.434 e. The number of aliphatic hydroxyl groups excluding tert-OH is 1. The number of halogens is 2. The molecule has 1 heterocycles. The SMILES string of the molecule is Cc1cc(CNCC(O)c2ccsc2)cc(C)c1OC(F)F. The van der Waals surface area contributed by atoms with Crippen molar-refractivity contribution in [3.63, 3.8) is 0 Å².